The monoisotopic (exact) mass is 365 g/mol. The molecule has 72 valence electrons. The highest BCUT2D eigenvalue weighted by atomic mass is 127. The van der Waals surface area contributed by atoms with Gasteiger partial charge in [0.15, 0.2) is 5.82 Å². The van der Waals surface area contributed by atoms with Crippen molar-refractivity contribution in [1.29, 1.82) is 0 Å². The first-order valence-corrected chi connectivity index (χ1v) is 5.44. The lowest BCUT2D eigenvalue weighted by atomic mass is 10.1. The van der Waals surface area contributed by atoms with E-state index in [1.807, 2.05) is 0 Å². The van der Waals surface area contributed by atoms with Gasteiger partial charge in [0.1, 0.15) is 3.70 Å². The lowest BCUT2D eigenvalue weighted by Gasteiger charge is -2.07. The van der Waals surface area contributed by atoms with Crippen molar-refractivity contribution in [3.8, 4) is 0 Å². The Bertz CT molecular complexity index is 319. The molecule has 0 saturated carbocycles. The first kappa shape index (κ1) is 11.2. The normalized spacial score (nSPS) is 10.9. The fraction of sp³-hybridized carbons (Fsp3) is 0.286. The van der Waals surface area contributed by atoms with Gasteiger partial charge in [-0.1, -0.05) is 15.9 Å². The van der Waals surface area contributed by atoms with Crippen LogP contribution in [0, 0.1) is 9.52 Å². The summed E-state index contributed by atoms with van der Waals surface area (Å²) in [4.78, 5) is 3.52. The molecular weight excluding hydrogens is 362 g/mol. The molecule has 0 radical (unpaired) electrons. The van der Waals surface area contributed by atoms with Crippen molar-refractivity contribution in [1.82, 2.24) is 4.98 Å². The van der Waals surface area contributed by atoms with Crippen molar-refractivity contribution in [2.45, 2.75) is 11.8 Å². The number of halogens is 5. The van der Waals surface area contributed by atoms with Crippen molar-refractivity contribution in [3.05, 3.63) is 26.8 Å². The van der Waals surface area contributed by atoms with Crippen LogP contribution in [0.3, 0.4) is 0 Å². The van der Waals surface area contributed by atoms with Gasteiger partial charge in [0.05, 0.1) is 0 Å². The molecule has 0 aliphatic heterocycles. The fourth-order valence-corrected chi connectivity index (χ4v) is 1.87. The highest BCUT2D eigenvalue weighted by molar-refractivity contribution is 14.1. The number of pyridine rings is 1. The van der Waals surface area contributed by atoms with Gasteiger partial charge in [0.25, 0.3) is 6.43 Å². The number of rotatable bonds is 2. The van der Waals surface area contributed by atoms with Crippen LogP contribution in [0.4, 0.5) is 13.2 Å². The van der Waals surface area contributed by atoms with Gasteiger partial charge < -0.3 is 0 Å². The third kappa shape index (κ3) is 2.34. The minimum atomic E-state index is -2.69. The molecule has 1 nitrogen and oxygen atoms in total. The van der Waals surface area contributed by atoms with E-state index in [0.717, 1.165) is 6.20 Å². The van der Waals surface area contributed by atoms with Crippen LogP contribution in [0.5, 0.6) is 0 Å². The van der Waals surface area contributed by atoms with Crippen molar-refractivity contribution >= 4 is 38.5 Å². The zero-order chi connectivity index (χ0) is 10.0. The molecule has 0 N–H and O–H groups in total. The average Bonchev–Trinajstić information content (AvgIpc) is 2.09. The molecule has 0 unspecified atom stereocenters. The number of alkyl halides is 3. The molecule has 1 aromatic rings. The van der Waals surface area contributed by atoms with Crippen molar-refractivity contribution < 1.29 is 13.2 Å². The second-order valence-corrected chi connectivity index (χ2v) is 3.81. The summed E-state index contributed by atoms with van der Waals surface area (Å²) in [5.74, 6) is -0.671. The van der Waals surface area contributed by atoms with Gasteiger partial charge in [-0.25, -0.2) is 18.2 Å². The molecule has 0 aliphatic carbocycles. The van der Waals surface area contributed by atoms with E-state index < -0.39 is 12.2 Å². The smallest absolute Gasteiger partial charge is 0.247 e. The van der Waals surface area contributed by atoms with Crippen LogP contribution < -0.4 is 0 Å². The zero-order valence-electron chi connectivity index (χ0n) is 6.20. The molecule has 1 aromatic heterocycles. The van der Waals surface area contributed by atoms with Crippen LogP contribution in [-0.4, -0.2) is 4.98 Å². The molecule has 0 aliphatic rings. The summed E-state index contributed by atoms with van der Waals surface area (Å²) in [5.41, 5.74) is -0.371. The highest BCUT2D eigenvalue weighted by Crippen LogP contribution is 2.27. The van der Waals surface area contributed by atoms with Crippen molar-refractivity contribution in [2.75, 3.05) is 0 Å². The fourth-order valence-electron chi connectivity index (χ4n) is 0.836. The quantitative estimate of drug-likeness (QED) is 0.443. The van der Waals surface area contributed by atoms with Gasteiger partial charge in [-0.15, -0.1) is 0 Å². The maximum absolute atomic E-state index is 13.2. The predicted octanol–water partition coefficient (Wildman–Crippen LogP) is 3.66. The SMILES string of the molecule is Fc1c(I)ncc(C(F)F)c1CBr. The highest BCUT2D eigenvalue weighted by Gasteiger charge is 2.18. The summed E-state index contributed by atoms with van der Waals surface area (Å²) < 4.78 is 37.9. The number of nitrogens with zero attached hydrogens (tertiary/aromatic N) is 1. The molecule has 0 aromatic carbocycles. The van der Waals surface area contributed by atoms with Crippen LogP contribution in [0.2, 0.25) is 0 Å². The van der Waals surface area contributed by atoms with Gasteiger partial charge >= 0.3 is 0 Å². The molecule has 0 saturated heterocycles. The Hall–Kier alpha value is 0.150. The molecular formula is C7H4BrF3IN. The molecule has 0 atom stereocenters. The van der Waals surface area contributed by atoms with Crippen molar-refractivity contribution in [3.63, 3.8) is 0 Å². The topological polar surface area (TPSA) is 12.9 Å². The third-order valence-corrected chi connectivity index (χ3v) is 2.79. The number of hydrogen-bond donors (Lipinski definition) is 0. The van der Waals surface area contributed by atoms with E-state index in [1.54, 1.807) is 22.6 Å². The number of aromatic nitrogens is 1. The third-order valence-electron chi connectivity index (χ3n) is 1.48. The molecule has 1 rings (SSSR count). The van der Waals surface area contributed by atoms with E-state index in [1.165, 1.54) is 0 Å². The van der Waals surface area contributed by atoms with Crippen LogP contribution >= 0.6 is 38.5 Å². The van der Waals surface area contributed by atoms with E-state index in [4.69, 9.17) is 0 Å². The van der Waals surface area contributed by atoms with Crippen LogP contribution in [-0.2, 0) is 5.33 Å². The second kappa shape index (κ2) is 4.59. The molecule has 13 heavy (non-hydrogen) atoms. The minimum absolute atomic E-state index is 0.0191. The van der Waals surface area contributed by atoms with Gasteiger partial charge in [0, 0.05) is 22.7 Å². The maximum atomic E-state index is 13.2. The molecule has 6 heteroatoms. The van der Waals surface area contributed by atoms with Crippen LogP contribution in [0.15, 0.2) is 6.20 Å². The molecule has 0 spiro atoms. The average molecular weight is 366 g/mol. The van der Waals surface area contributed by atoms with E-state index in [-0.39, 0.29) is 20.2 Å². The maximum Gasteiger partial charge on any atom is 0.265 e. The van der Waals surface area contributed by atoms with Crippen LogP contribution in [0.25, 0.3) is 0 Å². The molecule has 0 fully saturated rings. The summed E-state index contributed by atoms with van der Waals surface area (Å²) in [5, 5.41) is 0.0665. The van der Waals surface area contributed by atoms with E-state index >= 15 is 0 Å². The van der Waals surface area contributed by atoms with Gasteiger partial charge in [-0.05, 0) is 22.6 Å². The van der Waals surface area contributed by atoms with Gasteiger partial charge in [-0.2, -0.15) is 0 Å². The first-order chi connectivity index (χ1) is 6.07. The summed E-state index contributed by atoms with van der Waals surface area (Å²) >= 11 is 4.62. The molecule has 0 bridgehead atoms. The Labute approximate surface area is 95.0 Å². The first-order valence-electron chi connectivity index (χ1n) is 3.24. The van der Waals surface area contributed by atoms with E-state index in [9.17, 15) is 13.2 Å². The van der Waals surface area contributed by atoms with Crippen molar-refractivity contribution in [2.24, 2.45) is 0 Å². The summed E-state index contributed by atoms with van der Waals surface area (Å²) in [6.07, 6.45) is -1.68. The Kier molecular flexibility index (Phi) is 3.96. The largest absolute Gasteiger partial charge is 0.265 e. The second-order valence-electron chi connectivity index (χ2n) is 2.23. The minimum Gasteiger partial charge on any atom is -0.247 e. The summed E-state index contributed by atoms with van der Waals surface area (Å²) in [6.45, 7) is 0. The predicted molar refractivity (Wildman–Crippen MR) is 54.5 cm³/mol. The lowest BCUT2D eigenvalue weighted by Crippen LogP contribution is -2.01. The Morgan fingerprint density at radius 2 is 2.15 bits per heavy atom. The van der Waals surface area contributed by atoms with Gasteiger partial charge in [-0.3, -0.25) is 0 Å². The van der Waals surface area contributed by atoms with Gasteiger partial charge in [0.2, 0.25) is 0 Å². The Morgan fingerprint density at radius 1 is 1.54 bits per heavy atom. The zero-order valence-corrected chi connectivity index (χ0v) is 9.94. The standard InChI is InChI=1S/C7H4BrF3IN/c8-1-3-4(6(10)11)2-13-7(12)5(3)9/h2,6H,1H2. The lowest BCUT2D eigenvalue weighted by molar-refractivity contribution is 0.149. The summed E-state index contributed by atoms with van der Waals surface area (Å²) in [6, 6.07) is 0. The Balaban J connectivity index is 3.30. The number of hydrogen-bond acceptors (Lipinski definition) is 1. The summed E-state index contributed by atoms with van der Waals surface area (Å²) in [7, 11) is 0. The van der Waals surface area contributed by atoms with E-state index in [2.05, 4.69) is 20.9 Å². The van der Waals surface area contributed by atoms with E-state index in [0.29, 0.717) is 0 Å². The Morgan fingerprint density at radius 3 is 2.62 bits per heavy atom. The molecule has 1 heterocycles. The van der Waals surface area contributed by atoms with Crippen LogP contribution in [0.1, 0.15) is 17.6 Å². The molecule has 0 amide bonds.